The van der Waals surface area contributed by atoms with Gasteiger partial charge in [0.2, 0.25) is 0 Å². The Bertz CT molecular complexity index is 735. The number of carbonyl (C=O) groups is 1. The van der Waals surface area contributed by atoms with Crippen molar-refractivity contribution in [1.82, 2.24) is 0 Å². The van der Waals surface area contributed by atoms with E-state index in [1.54, 1.807) is 0 Å². The molecule has 3 nitrogen and oxygen atoms in total. The van der Waals surface area contributed by atoms with Crippen LogP contribution >= 0.6 is 0 Å². The van der Waals surface area contributed by atoms with Gasteiger partial charge in [-0.05, 0) is 43.6 Å². The summed E-state index contributed by atoms with van der Waals surface area (Å²) in [6, 6.07) is 14.8. The number of fused-ring (bicyclic) bond motifs is 1. The number of benzene rings is 2. The number of unbranched alkanes of at least 4 members (excludes halogenated alkanes) is 10. The predicted octanol–water partition coefficient (Wildman–Crippen LogP) is 8.54. The van der Waals surface area contributed by atoms with Gasteiger partial charge >= 0.3 is 5.97 Å². The van der Waals surface area contributed by atoms with Crippen LogP contribution in [0.25, 0.3) is 10.8 Å². The predicted molar refractivity (Wildman–Crippen MR) is 131 cm³/mol. The maximum absolute atomic E-state index is 10.6. The summed E-state index contributed by atoms with van der Waals surface area (Å²) in [7, 11) is 0. The zero-order valence-corrected chi connectivity index (χ0v) is 19.5. The summed E-state index contributed by atoms with van der Waals surface area (Å²) >= 11 is 0. The van der Waals surface area contributed by atoms with Crippen LogP contribution in [-0.2, 0) is 4.79 Å². The standard InChI is InChI=1S/C28H42O3/c1-2-3-4-5-8-11-19-25(20-12-9-6-7-10-13-23-28(29)30)31-27-22-16-18-24-17-14-15-21-26(24)27/h14-18,21-22,25H,2-13,19-20,23H2,1H3,(H,29,30). The van der Waals surface area contributed by atoms with E-state index in [9.17, 15) is 4.79 Å². The summed E-state index contributed by atoms with van der Waals surface area (Å²) in [5, 5.41) is 11.2. The van der Waals surface area contributed by atoms with Gasteiger partial charge in [0.15, 0.2) is 0 Å². The van der Waals surface area contributed by atoms with Gasteiger partial charge in [-0.3, -0.25) is 4.79 Å². The quantitative estimate of drug-likeness (QED) is 0.243. The molecule has 0 amide bonds. The lowest BCUT2D eigenvalue weighted by molar-refractivity contribution is -0.137. The highest BCUT2D eigenvalue weighted by atomic mass is 16.5. The molecule has 172 valence electrons. The second-order valence-corrected chi connectivity index (χ2v) is 8.83. The summed E-state index contributed by atoms with van der Waals surface area (Å²) in [5.41, 5.74) is 0. The molecule has 0 heterocycles. The van der Waals surface area contributed by atoms with Crippen LogP contribution in [0.4, 0.5) is 0 Å². The Morgan fingerprint density at radius 2 is 1.35 bits per heavy atom. The van der Waals surface area contributed by atoms with Crippen molar-refractivity contribution >= 4 is 16.7 Å². The molecule has 1 N–H and O–H groups in total. The first-order valence-corrected chi connectivity index (χ1v) is 12.6. The van der Waals surface area contributed by atoms with Gasteiger partial charge in [0.05, 0.1) is 6.10 Å². The van der Waals surface area contributed by atoms with Crippen LogP contribution in [0.2, 0.25) is 0 Å². The molecule has 0 saturated carbocycles. The minimum Gasteiger partial charge on any atom is -0.490 e. The van der Waals surface area contributed by atoms with E-state index in [2.05, 4.69) is 49.4 Å². The highest BCUT2D eigenvalue weighted by molar-refractivity contribution is 5.88. The average molecular weight is 427 g/mol. The summed E-state index contributed by atoms with van der Waals surface area (Å²) in [5.74, 6) is 0.339. The molecule has 0 aliphatic heterocycles. The fourth-order valence-electron chi connectivity index (χ4n) is 4.25. The molecule has 2 rings (SSSR count). The summed E-state index contributed by atoms with van der Waals surface area (Å²) < 4.78 is 6.56. The van der Waals surface area contributed by atoms with Crippen molar-refractivity contribution in [3.05, 3.63) is 42.5 Å². The van der Waals surface area contributed by atoms with Gasteiger partial charge in [-0.1, -0.05) is 101 Å². The zero-order valence-electron chi connectivity index (χ0n) is 19.5. The Kier molecular flexibility index (Phi) is 12.8. The minimum atomic E-state index is -0.678. The minimum absolute atomic E-state index is 0.281. The fraction of sp³-hybridized carbons (Fsp3) is 0.607. The van der Waals surface area contributed by atoms with Crippen LogP contribution in [0.5, 0.6) is 5.75 Å². The molecule has 0 saturated heterocycles. The van der Waals surface area contributed by atoms with Gasteiger partial charge in [-0.15, -0.1) is 0 Å². The lowest BCUT2D eigenvalue weighted by Crippen LogP contribution is -2.16. The number of hydrogen-bond acceptors (Lipinski definition) is 2. The van der Waals surface area contributed by atoms with Crippen LogP contribution < -0.4 is 4.74 Å². The third-order valence-corrected chi connectivity index (χ3v) is 6.09. The average Bonchev–Trinajstić information content (AvgIpc) is 2.77. The van der Waals surface area contributed by atoms with Gasteiger partial charge in [-0.2, -0.15) is 0 Å². The first-order chi connectivity index (χ1) is 15.2. The van der Waals surface area contributed by atoms with Crippen molar-refractivity contribution in [3.8, 4) is 5.75 Å². The monoisotopic (exact) mass is 426 g/mol. The van der Waals surface area contributed by atoms with Crippen molar-refractivity contribution < 1.29 is 14.6 Å². The molecule has 0 spiro atoms. The Hall–Kier alpha value is -2.03. The first-order valence-electron chi connectivity index (χ1n) is 12.6. The Labute approximate surface area is 189 Å². The Morgan fingerprint density at radius 3 is 2.03 bits per heavy atom. The highest BCUT2D eigenvalue weighted by Crippen LogP contribution is 2.28. The second kappa shape index (κ2) is 15.7. The van der Waals surface area contributed by atoms with Crippen molar-refractivity contribution in [2.24, 2.45) is 0 Å². The van der Waals surface area contributed by atoms with Crippen LogP contribution in [0, 0.1) is 0 Å². The molecule has 31 heavy (non-hydrogen) atoms. The van der Waals surface area contributed by atoms with Gasteiger partial charge in [0.1, 0.15) is 5.75 Å². The van der Waals surface area contributed by atoms with Gasteiger partial charge in [-0.25, -0.2) is 0 Å². The lowest BCUT2D eigenvalue weighted by Gasteiger charge is -2.20. The zero-order chi connectivity index (χ0) is 22.2. The third-order valence-electron chi connectivity index (χ3n) is 6.09. The van der Waals surface area contributed by atoms with Crippen molar-refractivity contribution in [3.63, 3.8) is 0 Å². The van der Waals surface area contributed by atoms with E-state index in [1.807, 2.05) is 0 Å². The summed E-state index contributed by atoms with van der Waals surface area (Å²) in [6.07, 6.45) is 17.3. The number of carboxylic acids is 1. The number of carboxylic acid groups (broad SMARTS) is 1. The van der Waals surface area contributed by atoms with E-state index in [4.69, 9.17) is 9.84 Å². The van der Waals surface area contributed by atoms with Crippen molar-refractivity contribution in [1.29, 1.82) is 0 Å². The van der Waals surface area contributed by atoms with Gasteiger partial charge in [0, 0.05) is 11.8 Å². The Morgan fingerprint density at radius 1 is 0.774 bits per heavy atom. The smallest absolute Gasteiger partial charge is 0.303 e. The van der Waals surface area contributed by atoms with E-state index in [1.165, 1.54) is 68.6 Å². The SMILES string of the molecule is CCCCCCCCC(CCCCCCCCC(=O)O)Oc1cccc2ccccc12. The molecule has 0 aliphatic carbocycles. The van der Waals surface area contributed by atoms with E-state index in [0.717, 1.165) is 37.9 Å². The fourth-order valence-corrected chi connectivity index (χ4v) is 4.25. The normalized spacial score (nSPS) is 12.2. The summed E-state index contributed by atoms with van der Waals surface area (Å²) in [4.78, 5) is 10.6. The third kappa shape index (κ3) is 10.7. The van der Waals surface area contributed by atoms with Crippen LogP contribution in [0.15, 0.2) is 42.5 Å². The molecule has 0 bridgehead atoms. The highest BCUT2D eigenvalue weighted by Gasteiger charge is 2.12. The molecule has 1 unspecified atom stereocenters. The maximum atomic E-state index is 10.6. The van der Waals surface area contributed by atoms with Gasteiger partial charge < -0.3 is 9.84 Å². The molecule has 2 aromatic rings. The molecule has 2 aromatic carbocycles. The first kappa shape index (κ1) is 25.2. The molecule has 3 heteroatoms. The molecule has 0 aliphatic rings. The van der Waals surface area contributed by atoms with E-state index < -0.39 is 5.97 Å². The van der Waals surface area contributed by atoms with Crippen LogP contribution in [0.3, 0.4) is 0 Å². The number of rotatable bonds is 18. The summed E-state index contributed by atoms with van der Waals surface area (Å²) in [6.45, 7) is 2.26. The number of ether oxygens (including phenoxy) is 1. The Balaban J connectivity index is 1.79. The molecule has 0 fully saturated rings. The van der Waals surface area contributed by atoms with Crippen LogP contribution in [-0.4, -0.2) is 17.2 Å². The molecule has 0 radical (unpaired) electrons. The van der Waals surface area contributed by atoms with E-state index in [0.29, 0.717) is 6.42 Å². The topological polar surface area (TPSA) is 46.5 Å². The van der Waals surface area contributed by atoms with E-state index >= 15 is 0 Å². The second-order valence-electron chi connectivity index (χ2n) is 8.83. The van der Waals surface area contributed by atoms with Crippen molar-refractivity contribution in [2.75, 3.05) is 0 Å². The van der Waals surface area contributed by atoms with Gasteiger partial charge in [0.25, 0.3) is 0 Å². The number of hydrogen-bond donors (Lipinski definition) is 1. The lowest BCUT2D eigenvalue weighted by atomic mass is 10.0. The van der Waals surface area contributed by atoms with Crippen molar-refractivity contribution in [2.45, 2.75) is 109 Å². The maximum Gasteiger partial charge on any atom is 0.303 e. The molecular formula is C28H42O3. The largest absolute Gasteiger partial charge is 0.490 e. The van der Waals surface area contributed by atoms with Crippen LogP contribution in [0.1, 0.15) is 103 Å². The molecule has 1 atom stereocenters. The molecule has 0 aromatic heterocycles. The van der Waals surface area contributed by atoms with E-state index in [-0.39, 0.29) is 6.10 Å². The molecular weight excluding hydrogens is 384 g/mol. The number of aliphatic carboxylic acids is 1.